The lowest BCUT2D eigenvalue weighted by molar-refractivity contribution is -0.139. The maximum absolute atomic E-state index is 11.9. The molecule has 0 fully saturated rings. The fourth-order valence-electron chi connectivity index (χ4n) is 2.09. The van der Waals surface area contributed by atoms with Gasteiger partial charge in [-0.05, 0) is 23.9 Å². The lowest BCUT2D eigenvalue weighted by Crippen LogP contribution is -2.42. The standard InChI is InChI=1S/C15H17N3O3/c1-2-4-13(14(19)20)18-15(21)17-12-6-3-5-10-7-8-16-9-11(10)12/h3,5-9,13H,2,4H2,1H3,(H,19,20)(H2,17,18,21)/t13-/m1/s1. The number of carbonyl (C=O) groups is 2. The van der Waals surface area contributed by atoms with E-state index in [9.17, 15) is 9.59 Å². The number of aliphatic carboxylic acids is 1. The summed E-state index contributed by atoms with van der Waals surface area (Å²) in [6.45, 7) is 1.87. The molecule has 2 amide bonds. The SMILES string of the molecule is CCC[C@@H](NC(=O)Nc1cccc2ccncc12)C(=O)O. The summed E-state index contributed by atoms with van der Waals surface area (Å²) in [5, 5.41) is 15.9. The normalized spacial score (nSPS) is 11.9. The molecule has 21 heavy (non-hydrogen) atoms. The number of fused-ring (bicyclic) bond motifs is 1. The Labute approximate surface area is 122 Å². The fourth-order valence-corrected chi connectivity index (χ4v) is 2.09. The number of carboxylic acids is 1. The number of rotatable bonds is 5. The van der Waals surface area contributed by atoms with E-state index in [0.29, 0.717) is 18.5 Å². The van der Waals surface area contributed by atoms with Gasteiger partial charge in [-0.25, -0.2) is 9.59 Å². The molecule has 1 heterocycles. The van der Waals surface area contributed by atoms with Gasteiger partial charge in [0.2, 0.25) is 0 Å². The molecule has 110 valence electrons. The first kappa shape index (κ1) is 14.8. The van der Waals surface area contributed by atoms with Gasteiger partial charge in [0.05, 0.1) is 5.69 Å². The predicted octanol–water partition coefficient (Wildman–Crippen LogP) is 2.61. The van der Waals surface area contributed by atoms with Gasteiger partial charge in [0.15, 0.2) is 0 Å². The summed E-state index contributed by atoms with van der Waals surface area (Å²) in [6.07, 6.45) is 4.40. The highest BCUT2D eigenvalue weighted by Crippen LogP contribution is 2.21. The summed E-state index contributed by atoms with van der Waals surface area (Å²) in [6, 6.07) is 5.90. The van der Waals surface area contributed by atoms with Crippen LogP contribution in [0.1, 0.15) is 19.8 Å². The van der Waals surface area contributed by atoms with Crippen LogP contribution in [0.25, 0.3) is 10.8 Å². The van der Waals surface area contributed by atoms with Crippen molar-refractivity contribution in [3.8, 4) is 0 Å². The number of anilines is 1. The van der Waals surface area contributed by atoms with Crippen LogP contribution >= 0.6 is 0 Å². The molecule has 0 spiro atoms. The summed E-state index contributed by atoms with van der Waals surface area (Å²) in [5.74, 6) is -1.04. The molecule has 3 N–H and O–H groups in total. The van der Waals surface area contributed by atoms with Gasteiger partial charge in [-0.3, -0.25) is 4.98 Å². The molecule has 1 aromatic carbocycles. The zero-order valence-electron chi connectivity index (χ0n) is 11.7. The van der Waals surface area contributed by atoms with Crippen molar-refractivity contribution in [1.29, 1.82) is 0 Å². The largest absolute Gasteiger partial charge is 0.480 e. The van der Waals surface area contributed by atoms with E-state index >= 15 is 0 Å². The first-order chi connectivity index (χ1) is 10.1. The van der Waals surface area contributed by atoms with Crippen molar-refractivity contribution < 1.29 is 14.7 Å². The topological polar surface area (TPSA) is 91.3 Å². The van der Waals surface area contributed by atoms with Crippen molar-refractivity contribution in [3.63, 3.8) is 0 Å². The molecule has 1 atom stereocenters. The Bertz CT molecular complexity index is 652. The van der Waals surface area contributed by atoms with Crippen LogP contribution in [0, 0.1) is 0 Å². The molecule has 6 heteroatoms. The van der Waals surface area contributed by atoms with E-state index in [0.717, 1.165) is 10.8 Å². The summed E-state index contributed by atoms with van der Waals surface area (Å²) in [7, 11) is 0. The number of benzene rings is 1. The molecular formula is C15H17N3O3. The molecule has 0 aliphatic carbocycles. The third-order valence-electron chi connectivity index (χ3n) is 3.11. The molecule has 2 rings (SSSR count). The number of hydrogen-bond acceptors (Lipinski definition) is 3. The van der Waals surface area contributed by atoms with Crippen LogP contribution in [-0.2, 0) is 4.79 Å². The minimum Gasteiger partial charge on any atom is -0.480 e. The van der Waals surface area contributed by atoms with Crippen molar-refractivity contribution in [2.75, 3.05) is 5.32 Å². The third kappa shape index (κ3) is 3.68. The van der Waals surface area contributed by atoms with Crippen molar-refractivity contribution in [3.05, 3.63) is 36.7 Å². The predicted molar refractivity (Wildman–Crippen MR) is 80.2 cm³/mol. The Morgan fingerprint density at radius 2 is 2.14 bits per heavy atom. The number of carbonyl (C=O) groups excluding carboxylic acids is 1. The molecule has 0 saturated carbocycles. The monoisotopic (exact) mass is 287 g/mol. The second kappa shape index (κ2) is 6.69. The van der Waals surface area contributed by atoms with Gasteiger partial charge in [-0.15, -0.1) is 0 Å². The number of amides is 2. The van der Waals surface area contributed by atoms with Gasteiger partial charge in [0.1, 0.15) is 6.04 Å². The highest BCUT2D eigenvalue weighted by Gasteiger charge is 2.18. The Balaban J connectivity index is 2.13. The zero-order chi connectivity index (χ0) is 15.2. The minimum absolute atomic E-state index is 0.389. The molecule has 2 aromatic rings. The summed E-state index contributed by atoms with van der Waals surface area (Å²) >= 11 is 0. The van der Waals surface area contributed by atoms with Crippen LogP contribution < -0.4 is 10.6 Å². The summed E-state index contributed by atoms with van der Waals surface area (Å²) < 4.78 is 0. The van der Waals surface area contributed by atoms with Crippen LogP contribution in [0.2, 0.25) is 0 Å². The lowest BCUT2D eigenvalue weighted by Gasteiger charge is -2.15. The molecule has 6 nitrogen and oxygen atoms in total. The van der Waals surface area contributed by atoms with Crippen molar-refractivity contribution >= 4 is 28.5 Å². The van der Waals surface area contributed by atoms with Crippen molar-refractivity contribution in [2.45, 2.75) is 25.8 Å². The second-order valence-corrected chi connectivity index (χ2v) is 4.68. The van der Waals surface area contributed by atoms with Gasteiger partial charge in [0.25, 0.3) is 0 Å². The molecular weight excluding hydrogens is 270 g/mol. The Morgan fingerprint density at radius 3 is 2.86 bits per heavy atom. The van der Waals surface area contributed by atoms with E-state index in [-0.39, 0.29) is 0 Å². The average Bonchev–Trinajstić information content (AvgIpc) is 2.47. The van der Waals surface area contributed by atoms with E-state index in [2.05, 4.69) is 15.6 Å². The first-order valence-corrected chi connectivity index (χ1v) is 6.75. The van der Waals surface area contributed by atoms with Crippen molar-refractivity contribution in [1.82, 2.24) is 10.3 Å². The summed E-state index contributed by atoms with van der Waals surface area (Å²) in [5.41, 5.74) is 0.596. The molecule has 0 aliphatic heterocycles. The zero-order valence-corrected chi connectivity index (χ0v) is 11.7. The van der Waals surface area contributed by atoms with Gasteiger partial charge < -0.3 is 15.7 Å². The van der Waals surface area contributed by atoms with Crippen molar-refractivity contribution in [2.24, 2.45) is 0 Å². The van der Waals surface area contributed by atoms with Gasteiger partial charge in [0, 0.05) is 17.8 Å². The first-order valence-electron chi connectivity index (χ1n) is 6.75. The number of hydrogen-bond donors (Lipinski definition) is 3. The van der Waals surface area contributed by atoms with Gasteiger partial charge >= 0.3 is 12.0 Å². The minimum atomic E-state index is -1.04. The quantitative estimate of drug-likeness (QED) is 0.788. The van der Waals surface area contributed by atoms with Crippen LogP contribution in [-0.4, -0.2) is 28.1 Å². The molecule has 0 radical (unpaired) electrons. The highest BCUT2D eigenvalue weighted by atomic mass is 16.4. The molecule has 0 aliphatic rings. The third-order valence-corrected chi connectivity index (χ3v) is 3.11. The Morgan fingerprint density at radius 1 is 1.33 bits per heavy atom. The lowest BCUT2D eigenvalue weighted by atomic mass is 10.1. The number of aromatic nitrogens is 1. The van der Waals surface area contributed by atoms with Gasteiger partial charge in [-0.2, -0.15) is 0 Å². The van der Waals surface area contributed by atoms with E-state index in [1.54, 1.807) is 18.5 Å². The molecule has 0 bridgehead atoms. The van der Waals surface area contributed by atoms with Crippen LogP contribution in [0.3, 0.4) is 0 Å². The fraction of sp³-hybridized carbons (Fsp3) is 0.267. The van der Waals surface area contributed by atoms with E-state index in [4.69, 9.17) is 5.11 Å². The maximum atomic E-state index is 11.9. The van der Waals surface area contributed by atoms with Crippen LogP contribution in [0.4, 0.5) is 10.5 Å². The number of nitrogens with zero attached hydrogens (tertiary/aromatic N) is 1. The number of nitrogens with one attached hydrogen (secondary N) is 2. The number of pyridine rings is 1. The molecule has 1 aromatic heterocycles. The maximum Gasteiger partial charge on any atom is 0.326 e. The summed E-state index contributed by atoms with van der Waals surface area (Å²) in [4.78, 5) is 27.0. The smallest absolute Gasteiger partial charge is 0.326 e. The molecule has 0 unspecified atom stereocenters. The van der Waals surface area contributed by atoms with E-state index in [1.165, 1.54) is 0 Å². The van der Waals surface area contributed by atoms with Crippen LogP contribution in [0.5, 0.6) is 0 Å². The van der Waals surface area contributed by atoms with E-state index in [1.807, 2.05) is 25.1 Å². The Hall–Kier alpha value is -2.63. The second-order valence-electron chi connectivity index (χ2n) is 4.68. The number of carboxylic acid groups (broad SMARTS) is 1. The molecule has 0 saturated heterocycles. The highest BCUT2D eigenvalue weighted by molar-refractivity contribution is 6.01. The number of urea groups is 1. The Kier molecular flexibility index (Phi) is 4.71. The average molecular weight is 287 g/mol. The van der Waals surface area contributed by atoms with Gasteiger partial charge in [-0.1, -0.05) is 25.5 Å². The van der Waals surface area contributed by atoms with Crippen LogP contribution in [0.15, 0.2) is 36.7 Å². The van der Waals surface area contributed by atoms with E-state index < -0.39 is 18.0 Å².